The van der Waals surface area contributed by atoms with E-state index in [1.54, 1.807) is 0 Å². The number of anilines is 3. The summed E-state index contributed by atoms with van der Waals surface area (Å²) in [5, 5.41) is 2.26. The third-order valence-corrected chi connectivity index (χ3v) is 12.7. The van der Waals surface area contributed by atoms with Gasteiger partial charge < -0.3 is 9.32 Å². The van der Waals surface area contributed by atoms with Crippen molar-refractivity contribution < 1.29 is 4.42 Å². The fourth-order valence-electron chi connectivity index (χ4n) is 9.94. The number of benzene rings is 8. The molecule has 268 valence electrons. The van der Waals surface area contributed by atoms with Crippen molar-refractivity contribution in [3.63, 3.8) is 0 Å². The maximum Gasteiger partial charge on any atom is 0.135 e. The number of furan rings is 1. The molecule has 1 aromatic heterocycles. The zero-order chi connectivity index (χ0) is 37.8. The highest BCUT2D eigenvalue weighted by Crippen LogP contribution is 2.54. The molecule has 56 heavy (non-hydrogen) atoms. The molecule has 0 unspecified atom stereocenters. The Morgan fingerprint density at radius 2 is 0.946 bits per heavy atom. The van der Waals surface area contributed by atoms with Crippen LogP contribution in [0.3, 0.4) is 0 Å². The number of rotatable bonds is 5. The molecule has 2 nitrogen and oxygen atoms in total. The van der Waals surface area contributed by atoms with Gasteiger partial charge >= 0.3 is 0 Å². The minimum atomic E-state index is -0.123. The standard InChI is InChI=1S/C54H41NO/c1-53(2)46-20-9-5-15-40(46)42-30-29-37(33-48(42)53)55(49-22-11-7-14-38(49)35-26-31-51-45(32-35)43-17-8-12-23-50(43)56-51)36-27-24-34(25-28-36)39-18-13-19-44-41-16-6-10-21-47(41)54(3,4)52(39)44/h5-33H,1-4H3. The molecule has 0 aliphatic heterocycles. The summed E-state index contributed by atoms with van der Waals surface area (Å²) in [7, 11) is 0. The van der Waals surface area contributed by atoms with Gasteiger partial charge in [-0.05, 0) is 110 Å². The van der Waals surface area contributed by atoms with Gasteiger partial charge in [-0.3, -0.25) is 0 Å². The third-order valence-electron chi connectivity index (χ3n) is 12.7. The summed E-state index contributed by atoms with van der Waals surface area (Å²) in [6.45, 7) is 9.45. The van der Waals surface area contributed by atoms with E-state index >= 15 is 0 Å². The van der Waals surface area contributed by atoms with E-state index in [0.717, 1.165) is 50.1 Å². The van der Waals surface area contributed by atoms with E-state index in [4.69, 9.17) is 4.42 Å². The highest BCUT2D eigenvalue weighted by molar-refractivity contribution is 6.07. The molecule has 9 aromatic rings. The molecule has 0 amide bonds. The average Bonchev–Trinajstić information content (AvgIpc) is 3.81. The van der Waals surface area contributed by atoms with Crippen LogP contribution in [0.15, 0.2) is 180 Å². The monoisotopic (exact) mass is 719 g/mol. The van der Waals surface area contributed by atoms with Gasteiger partial charge in [0, 0.05) is 38.5 Å². The van der Waals surface area contributed by atoms with Gasteiger partial charge in [-0.25, -0.2) is 0 Å². The van der Waals surface area contributed by atoms with E-state index < -0.39 is 0 Å². The minimum absolute atomic E-state index is 0.0949. The molecule has 0 radical (unpaired) electrons. The first kappa shape index (κ1) is 32.8. The number of hydrogen-bond donors (Lipinski definition) is 0. The van der Waals surface area contributed by atoms with Crippen LogP contribution in [-0.4, -0.2) is 0 Å². The maximum absolute atomic E-state index is 6.24. The summed E-state index contributed by atoms with van der Waals surface area (Å²) in [6, 6.07) is 64.6. The molecule has 2 aliphatic rings. The van der Waals surface area contributed by atoms with E-state index in [2.05, 4.69) is 196 Å². The van der Waals surface area contributed by atoms with Crippen molar-refractivity contribution in [3.8, 4) is 44.5 Å². The van der Waals surface area contributed by atoms with Crippen molar-refractivity contribution in [2.45, 2.75) is 38.5 Å². The van der Waals surface area contributed by atoms with Crippen LogP contribution in [0, 0.1) is 0 Å². The van der Waals surface area contributed by atoms with Crippen molar-refractivity contribution in [1.82, 2.24) is 0 Å². The Labute approximate surface area is 328 Å². The second-order valence-corrected chi connectivity index (χ2v) is 16.5. The predicted molar refractivity (Wildman–Crippen MR) is 234 cm³/mol. The Morgan fingerprint density at radius 3 is 1.75 bits per heavy atom. The Bertz CT molecular complexity index is 3030. The lowest BCUT2D eigenvalue weighted by atomic mass is 9.79. The lowest BCUT2D eigenvalue weighted by Crippen LogP contribution is -2.17. The fourth-order valence-corrected chi connectivity index (χ4v) is 9.94. The van der Waals surface area contributed by atoms with Gasteiger partial charge in [0.25, 0.3) is 0 Å². The maximum atomic E-state index is 6.24. The lowest BCUT2D eigenvalue weighted by Gasteiger charge is -2.30. The van der Waals surface area contributed by atoms with Gasteiger partial charge in [-0.2, -0.15) is 0 Å². The molecular weight excluding hydrogens is 679 g/mol. The zero-order valence-corrected chi connectivity index (χ0v) is 32.1. The first-order valence-corrected chi connectivity index (χ1v) is 19.7. The highest BCUT2D eigenvalue weighted by Gasteiger charge is 2.38. The summed E-state index contributed by atoms with van der Waals surface area (Å²) in [6.07, 6.45) is 0. The molecule has 0 saturated carbocycles. The highest BCUT2D eigenvalue weighted by atomic mass is 16.3. The molecule has 0 fully saturated rings. The Morgan fingerprint density at radius 1 is 0.375 bits per heavy atom. The quantitative estimate of drug-likeness (QED) is 0.176. The first-order chi connectivity index (χ1) is 27.3. The summed E-state index contributed by atoms with van der Waals surface area (Å²) in [4.78, 5) is 2.45. The van der Waals surface area contributed by atoms with Crippen LogP contribution in [0.4, 0.5) is 17.1 Å². The number of hydrogen-bond acceptors (Lipinski definition) is 2. The topological polar surface area (TPSA) is 16.4 Å². The SMILES string of the molecule is CC1(C)c2ccccc2-c2ccc(N(c3ccc(-c4cccc5c4C(C)(C)c4ccccc4-5)cc3)c3ccccc3-c3ccc4oc5ccccc5c4c3)cc21. The van der Waals surface area contributed by atoms with Gasteiger partial charge in [-0.1, -0.05) is 155 Å². The van der Waals surface area contributed by atoms with Gasteiger partial charge in [0.2, 0.25) is 0 Å². The van der Waals surface area contributed by atoms with Gasteiger partial charge in [0.1, 0.15) is 11.2 Å². The zero-order valence-electron chi connectivity index (χ0n) is 32.1. The Kier molecular flexibility index (Phi) is 6.98. The van der Waals surface area contributed by atoms with Crippen molar-refractivity contribution in [2.24, 2.45) is 0 Å². The number of para-hydroxylation sites is 2. The first-order valence-electron chi connectivity index (χ1n) is 19.7. The van der Waals surface area contributed by atoms with E-state index in [0.29, 0.717) is 0 Å². The Hall–Kier alpha value is -6.64. The molecule has 0 bridgehead atoms. The molecule has 0 N–H and O–H groups in total. The second kappa shape index (κ2) is 11.9. The van der Waals surface area contributed by atoms with Crippen LogP contribution in [0.2, 0.25) is 0 Å². The van der Waals surface area contributed by atoms with Crippen LogP contribution in [0.5, 0.6) is 0 Å². The van der Waals surface area contributed by atoms with E-state index in [9.17, 15) is 0 Å². The van der Waals surface area contributed by atoms with Gasteiger partial charge in [0.15, 0.2) is 0 Å². The second-order valence-electron chi connectivity index (χ2n) is 16.5. The van der Waals surface area contributed by atoms with Crippen molar-refractivity contribution in [2.75, 3.05) is 4.90 Å². The average molecular weight is 720 g/mol. The van der Waals surface area contributed by atoms with Gasteiger partial charge in [0.05, 0.1) is 5.69 Å². The molecular formula is C54H41NO. The number of nitrogens with zero attached hydrogens (tertiary/aromatic N) is 1. The molecule has 0 saturated heterocycles. The molecule has 2 aliphatic carbocycles. The molecule has 1 heterocycles. The third kappa shape index (κ3) is 4.69. The molecule has 0 spiro atoms. The largest absolute Gasteiger partial charge is 0.456 e. The van der Waals surface area contributed by atoms with Crippen LogP contribution in [-0.2, 0) is 10.8 Å². The lowest BCUT2D eigenvalue weighted by molar-refractivity contribution is 0.660. The van der Waals surface area contributed by atoms with Crippen LogP contribution >= 0.6 is 0 Å². The van der Waals surface area contributed by atoms with Crippen molar-refractivity contribution in [1.29, 1.82) is 0 Å². The number of fused-ring (bicyclic) bond motifs is 9. The van der Waals surface area contributed by atoms with Crippen LogP contribution in [0.1, 0.15) is 49.9 Å². The van der Waals surface area contributed by atoms with E-state index in [-0.39, 0.29) is 10.8 Å². The van der Waals surface area contributed by atoms with Crippen molar-refractivity contribution >= 4 is 39.0 Å². The molecule has 8 aromatic carbocycles. The Balaban J connectivity index is 1.08. The normalized spacial score (nSPS) is 14.4. The van der Waals surface area contributed by atoms with Crippen LogP contribution < -0.4 is 4.90 Å². The van der Waals surface area contributed by atoms with E-state index in [1.165, 1.54) is 55.6 Å². The van der Waals surface area contributed by atoms with Gasteiger partial charge in [-0.15, -0.1) is 0 Å². The summed E-state index contributed by atoms with van der Waals surface area (Å²) in [5.74, 6) is 0. The molecule has 0 atom stereocenters. The smallest absolute Gasteiger partial charge is 0.135 e. The summed E-state index contributed by atoms with van der Waals surface area (Å²) in [5.41, 5.74) is 20.6. The molecule has 11 rings (SSSR count). The van der Waals surface area contributed by atoms with E-state index in [1.807, 2.05) is 12.1 Å². The van der Waals surface area contributed by atoms with Crippen LogP contribution in [0.25, 0.3) is 66.4 Å². The fraction of sp³-hybridized carbons (Fsp3) is 0.111. The minimum Gasteiger partial charge on any atom is -0.456 e. The summed E-state index contributed by atoms with van der Waals surface area (Å²) >= 11 is 0. The predicted octanol–water partition coefficient (Wildman–Crippen LogP) is 15.0. The summed E-state index contributed by atoms with van der Waals surface area (Å²) < 4.78 is 6.24. The molecule has 2 heteroatoms. The van der Waals surface area contributed by atoms with Crippen molar-refractivity contribution in [3.05, 3.63) is 198 Å².